The summed E-state index contributed by atoms with van der Waals surface area (Å²) in [5, 5.41) is 2.82. The Morgan fingerprint density at radius 3 is 2.54 bits per heavy atom. The highest BCUT2D eigenvalue weighted by Gasteiger charge is 2.29. The van der Waals surface area contributed by atoms with E-state index in [1.54, 1.807) is 19.2 Å². The molecule has 3 rings (SSSR count). The van der Waals surface area contributed by atoms with Crippen LogP contribution in [0.3, 0.4) is 0 Å². The molecule has 5 nitrogen and oxygen atoms in total. The number of methoxy groups -OCH3 is 1. The number of hydrogen-bond acceptors (Lipinski definition) is 3. The van der Waals surface area contributed by atoms with Crippen molar-refractivity contribution in [1.82, 2.24) is 10.2 Å². The van der Waals surface area contributed by atoms with Crippen LogP contribution in [0.4, 0.5) is 0 Å². The lowest BCUT2D eigenvalue weighted by Gasteiger charge is -2.25. The van der Waals surface area contributed by atoms with E-state index in [4.69, 9.17) is 4.74 Å². The number of benzene rings is 2. The summed E-state index contributed by atoms with van der Waals surface area (Å²) < 4.78 is 5.20. The summed E-state index contributed by atoms with van der Waals surface area (Å²) in [6.07, 6.45) is 2.28. The highest BCUT2D eigenvalue weighted by molar-refractivity contribution is 5.94. The standard InChI is InChI=1S/C21H24N2O3/c1-26-18-11-9-16(10-12-18)19-8-5-15-23(19)20(24)13-14-22-21(25)17-6-3-2-4-7-17/h2-4,6-7,9-12,19H,5,8,13-15H2,1H3,(H,22,25)/t19-/m1/s1. The van der Waals surface area contributed by atoms with Crippen molar-refractivity contribution in [3.8, 4) is 5.75 Å². The van der Waals surface area contributed by atoms with Crippen molar-refractivity contribution in [2.75, 3.05) is 20.2 Å². The summed E-state index contributed by atoms with van der Waals surface area (Å²) in [5.74, 6) is 0.747. The van der Waals surface area contributed by atoms with Gasteiger partial charge in [-0.15, -0.1) is 0 Å². The summed E-state index contributed by atoms with van der Waals surface area (Å²) >= 11 is 0. The molecule has 0 aromatic heterocycles. The molecule has 0 aliphatic carbocycles. The first-order valence-corrected chi connectivity index (χ1v) is 8.95. The minimum atomic E-state index is -0.147. The van der Waals surface area contributed by atoms with Gasteiger partial charge in [0.05, 0.1) is 13.2 Å². The summed E-state index contributed by atoms with van der Waals surface area (Å²) in [6.45, 7) is 1.11. The molecule has 0 bridgehead atoms. The second kappa shape index (κ2) is 8.52. The molecule has 0 spiro atoms. The van der Waals surface area contributed by atoms with Crippen LogP contribution in [0.2, 0.25) is 0 Å². The second-order valence-corrected chi connectivity index (χ2v) is 6.39. The van der Waals surface area contributed by atoms with Crippen molar-refractivity contribution < 1.29 is 14.3 Å². The van der Waals surface area contributed by atoms with Gasteiger partial charge in [-0.05, 0) is 42.7 Å². The van der Waals surface area contributed by atoms with Gasteiger partial charge in [0, 0.05) is 25.1 Å². The number of amides is 2. The minimum absolute atomic E-state index is 0.0803. The van der Waals surface area contributed by atoms with E-state index in [2.05, 4.69) is 5.32 Å². The van der Waals surface area contributed by atoms with E-state index in [1.807, 2.05) is 47.4 Å². The smallest absolute Gasteiger partial charge is 0.251 e. The number of rotatable bonds is 6. The molecule has 2 amide bonds. The largest absolute Gasteiger partial charge is 0.497 e. The molecular weight excluding hydrogens is 328 g/mol. The van der Waals surface area contributed by atoms with Gasteiger partial charge in [-0.3, -0.25) is 9.59 Å². The summed E-state index contributed by atoms with van der Waals surface area (Å²) in [7, 11) is 1.64. The first-order valence-electron chi connectivity index (χ1n) is 8.95. The zero-order valence-corrected chi connectivity index (χ0v) is 15.0. The van der Waals surface area contributed by atoms with Crippen LogP contribution in [0.15, 0.2) is 54.6 Å². The molecule has 26 heavy (non-hydrogen) atoms. The van der Waals surface area contributed by atoms with Crippen LogP contribution in [-0.2, 0) is 4.79 Å². The highest BCUT2D eigenvalue weighted by atomic mass is 16.5. The van der Waals surface area contributed by atoms with E-state index in [-0.39, 0.29) is 17.9 Å². The van der Waals surface area contributed by atoms with Crippen molar-refractivity contribution in [3.63, 3.8) is 0 Å². The molecule has 136 valence electrons. The van der Waals surface area contributed by atoms with E-state index < -0.39 is 0 Å². The zero-order chi connectivity index (χ0) is 18.4. The van der Waals surface area contributed by atoms with Crippen molar-refractivity contribution in [1.29, 1.82) is 0 Å². The maximum Gasteiger partial charge on any atom is 0.251 e. The fourth-order valence-electron chi connectivity index (χ4n) is 3.36. The van der Waals surface area contributed by atoms with E-state index in [0.717, 1.165) is 30.7 Å². The van der Waals surface area contributed by atoms with E-state index >= 15 is 0 Å². The molecule has 5 heteroatoms. The summed E-state index contributed by atoms with van der Waals surface area (Å²) in [5.41, 5.74) is 1.74. The average Bonchev–Trinajstić information content (AvgIpc) is 3.18. The van der Waals surface area contributed by atoms with Crippen molar-refractivity contribution in [3.05, 3.63) is 65.7 Å². The molecule has 1 fully saturated rings. The number of likely N-dealkylation sites (tertiary alicyclic amines) is 1. The Morgan fingerprint density at radius 2 is 1.85 bits per heavy atom. The Balaban J connectivity index is 1.54. The summed E-state index contributed by atoms with van der Waals surface area (Å²) in [6, 6.07) is 17.0. The normalized spacial score (nSPS) is 16.3. The molecular formula is C21H24N2O3. The Bertz CT molecular complexity index is 744. The highest BCUT2D eigenvalue weighted by Crippen LogP contribution is 2.33. The Hall–Kier alpha value is -2.82. The number of ether oxygens (including phenoxy) is 1. The first-order chi connectivity index (χ1) is 12.7. The number of carbonyl (C=O) groups is 2. The van der Waals surface area contributed by atoms with Crippen molar-refractivity contribution in [2.24, 2.45) is 0 Å². The van der Waals surface area contributed by atoms with Crippen molar-refractivity contribution >= 4 is 11.8 Å². The minimum Gasteiger partial charge on any atom is -0.497 e. The number of carbonyl (C=O) groups excluding carboxylic acids is 2. The molecule has 1 aliphatic rings. The predicted octanol–water partition coefficient (Wildman–Crippen LogP) is 3.18. The van der Waals surface area contributed by atoms with Gasteiger partial charge in [-0.25, -0.2) is 0 Å². The van der Waals surface area contributed by atoms with Gasteiger partial charge < -0.3 is 15.0 Å². The maximum atomic E-state index is 12.6. The van der Waals surface area contributed by atoms with E-state index in [1.165, 1.54) is 0 Å². The topological polar surface area (TPSA) is 58.6 Å². The Labute approximate surface area is 154 Å². The molecule has 1 aliphatic heterocycles. The number of nitrogens with one attached hydrogen (secondary N) is 1. The first kappa shape index (κ1) is 18.0. The molecule has 1 saturated heterocycles. The fourth-order valence-corrected chi connectivity index (χ4v) is 3.36. The van der Waals surface area contributed by atoms with Gasteiger partial charge in [0.2, 0.25) is 5.91 Å². The molecule has 0 saturated carbocycles. The zero-order valence-electron chi connectivity index (χ0n) is 15.0. The van der Waals surface area contributed by atoms with Crippen LogP contribution in [-0.4, -0.2) is 36.9 Å². The lowest BCUT2D eigenvalue weighted by Crippen LogP contribution is -2.34. The second-order valence-electron chi connectivity index (χ2n) is 6.39. The third-order valence-corrected chi connectivity index (χ3v) is 4.73. The third kappa shape index (κ3) is 4.23. The maximum absolute atomic E-state index is 12.6. The molecule has 2 aromatic rings. The molecule has 1 N–H and O–H groups in total. The van der Waals surface area contributed by atoms with Crippen LogP contribution in [0, 0.1) is 0 Å². The van der Waals surface area contributed by atoms with Crippen LogP contribution in [0.5, 0.6) is 5.75 Å². The Morgan fingerprint density at radius 1 is 1.12 bits per heavy atom. The SMILES string of the molecule is COc1ccc([C@H]2CCCN2C(=O)CCNC(=O)c2ccccc2)cc1. The molecule has 0 unspecified atom stereocenters. The Kier molecular flexibility index (Phi) is 5.89. The number of hydrogen-bond donors (Lipinski definition) is 1. The van der Waals surface area contributed by atoms with Crippen LogP contribution >= 0.6 is 0 Å². The average molecular weight is 352 g/mol. The van der Waals surface area contributed by atoms with Gasteiger partial charge >= 0.3 is 0 Å². The molecule has 2 aromatic carbocycles. The molecule has 1 heterocycles. The fraction of sp³-hybridized carbons (Fsp3) is 0.333. The van der Waals surface area contributed by atoms with E-state index in [9.17, 15) is 9.59 Å². The quantitative estimate of drug-likeness (QED) is 0.869. The summed E-state index contributed by atoms with van der Waals surface area (Å²) in [4.78, 5) is 26.6. The van der Waals surface area contributed by atoms with Gasteiger partial charge in [0.15, 0.2) is 0 Å². The van der Waals surface area contributed by atoms with Gasteiger partial charge in [0.1, 0.15) is 5.75 Å². The van der Waals surface area contributed by atoms with Crippen LogP contribution in [0.1, 0.15) is 41.2 Å². The lowest BCUT2D eigenvalue weighted by atomic mass is 10.0. The van der Waals surface area contributed by atoms with Gasteiger partial charge in [-0.2, -0.15) is 0 Å². The lowest BCUT2D eigenvalue weighted by molar-refractivity contribution is -0.132. The van der Waals surface area contributed by atoms with Crippen LogP contribution < -0.4 is 10.1 Å². The van der Waals surface area contributed by atoms with Gasteiger partial charge in [0.25, 0.3) is 5.91 Å². The molecule has 0 radical (unpaired) electrons. The third-order valence-electron chi connectivity index (χ3n) is 4.73. The van der Waals surface area contributed by atoms with E-state index in [0.29, 0.717) is 18.5 Å². The van der Waals surface area contributed by atoms with Gasteiger partial charge in [-0.1, -0.05) is 30.3 Å². The number of nitrogens with zero attached hydrogens (tertiary/aromatic N) is 1. The van der Waals surface area contributed by atoms with Crippen molar-refractivity contribution in [2.45, 2.75) is 25.3 Å². The predicted molar refractivity (Wildman–Crippen MR) is 100 cm³/mol. The van der Waals surface area contributed by atoms with Crippen LogP contribution in [0.25, 0.3) is 0 Å². The monoisotopic (exact) mass is 352 g/mol. The molecule has 1 atom stereocenters.